The molecule has 29 heavy (non-hydrogen) atoms. The highest BCUT2D eigenvalue weighted by Crippen LogP contribution is 2.27. The van der Waals surface area contributed by atoms with Crippen LogP contribution in [0.2, 0.25) is 0 Å². The molecule has 0 amide bonds. The summed E-state index contributed by atoms with van der Waals surface area (Å²) < 4.78 is 5.76. The molecular formula is C22H15N4O3+. The van der Waals surface area contributed by atoms with Crippen molar-refractivity contribution >= 4 is 17.7 Å². The molecule has 0 radical (unpaired) electrons. The Hall–Kier alpha value is -4.10. The van der Waals surface area contributed by atoms with E-state index in [0.717, 1.165) is 33.3 Å². The number of nitro benzene ring substituents is 1. The Bertz CT molecular complexity index is 1200. The summed E-state index contributed by atoms with van der Waals surface area (Å²) in [6.07, 6.45) is 11.6. The summed E-state index contributed by atoms with van der Waals surface area (Å²) in [6.45, 7) is 0. The maximum atomic E-state index is 10.9. The number of amidine groups is 1. The van der Waals surface area contributed by atoms with Crippen LogP contribution in [-0.4, -0.2) is 17.0 Å². The van der Waals surface area contributed by atoms with Gasteiger partial charge in [-0.1, -0.05) is 24.3 Å². The van der Waals surface area contributed by atoms with E-state index in [4.69, 9.17) is 9.73 Å². The van der Waals surface area contributed by atoms with Crippen molar-refractivity contribution in [1.29, 1.82) is 0 Å². The van der Waals surface area contributed by atoms with Gasteiger partial charge in [0.15, 0.2) is 5.70 Å². The third kappa shape index (κ3) is 3.09. The molecule has 7 heteroatoms. The maximum Gasteiger partial charge on any atom is 0.273 e. The van der Waals surface area contributed by atoms with E-state index in [9.17, 15) is 10.1 Å². The summed E-state index contributed by atoms with van der Waals surface area (Å²) in [6, 6.07) is 13.7. The number of rotatable bonds is 5. The summed E-state index contributed by atoms with van der Waals surface area (Å²) in [7, 11) is 0. The van der Waals surface area contributed by atoms with E-state index in [0.29, 0.717) is 11.5 Å². The fourth-order valence-corrected chi connectivity index (χ4v) is 3.29. The first kappa shape index (κ1) is 17.0. The zero-order valence-electron chi connectivity index (χ0n) is 15.1. The number of nitro groups is 1. The average molecular weight is 383 g/mol. The zero-order valence-corrected chi connectivity index (χ0v) is 15.1. The zero-order chi connectivity index (χ0) is 19.8. The molecule has 0 spiro atoms. The Balaban J connectivity index is 1.39. The number of fused-ring (bicyclic) bond motifs is 1. The Kier molecular flexibility index (Phi) is 4.00. The van der Waals surface area contributed by atoms with E-state index >= 15 is 0 Å². The number of hydrogen-bond donors (Lipinski definition) is 1. The number of ether oxygens (including phenoxy) is 1. The number of hydrogen-bond acceptors (Lipinski definition) is 5. The summed E-state index contributed by atoms with van der Waals surface area (Å²) in [5, 5.41) is 10.9. The van der Waals surface area contributed by atoms with Crippen molar-refractivity contribution in [1.82, 2.24) is 0 Å². The molecule has 2 heterocycles. The predicted molar refractivity (Wildman–Crippen MR) is 109 cm³/mol. The first-order valence-corrected chi connectivity index (χ1v) is 9.01. The standard InChI is InChI=1S/C22H14N4O3/c27-26(28)17-5-2-6-19(13-17)29-18-9-7-16(8-10-18)22-24-21(15-3-1-4-15)20-14-23-11-12-25(20)22/h1-14H/p+1. The monoisotopic (exact) mass is 383 g/mol. The van der Waals surface area contributed by atoms with Gasteiger partial charge >= 0.3 is 0 Å². The van der Waals surface area contributed by atoms with E-state index in [1.165, 1.54) is 12.1 Å². The largest absolute Gasteiger partial charge is 0.457 e. The number of benzene rings is 2. The van der Waals surface area contributed by atoms with Crippen molar-refractivity contribution in [2.75, 3.05) is 0 Å². The highest BCUT2D eigenvalue weighted by molar-refractivity contribution is 5.99. The van der Waals surface area contributed by atoms with Gasteiger partial charge in [-0.15, -0.1) is 0 Å². The van der Waals surface area contributed by atoms with Gasteiger partial charge in [-0.2, -0.15) is 4.99 Å². The number of nitrogens with zero attached hydrogens (tertiary/aromatic N) is 3. The summed E-state index contributed by atoms with van der Waals surface area (Å²) >= 11 is 0. The number of aliphatic imine (C=N–C) groups is 2. The van der Waals surface area contributed by atoms with Crippen molar-refractivity contribution in [3.63, 3.8) is 0 Å². The SMILES string of the molecule is O=[N+]([O-])c1cccc(Oc2ccc(C3=NC(C4=CC=C4)=C4C=NC=C[NH+]34)cc2)c1. The van der Waals surface area contributed by atoms with Gasteiger partial charge in [0.05, 0.1) is 29.0 Å². The molecule has 0 bridgehead atoms. The van der Waals surface area contributed by atoms with E-state index < -0.39 is 4.92 Å². The van der Waals surface area contributed by atoms with Crippen LogP contribution >= 0.6 is 0 Å². The van der Waals surface area contributed by atoms with Gasteiger partial charge in [0.25, 0.3) is 5.69 Å². The Morgan fingerprint density at radius 1 is 1.07 bits per heavy atom. The second-order valence-electron chi connectivity index (χ2n) is 6.59. The molecule has 2 aromatic rings. The highest BCUT2D eigenvalue weighted by Gasteiger charge is 2.34. The molecule has 1 atom stereocenters. The molecule has 1 unspecified atom stereocenters. The number of allylic oxidation sites excluding steroid dienone is 4. The van der Waals surface area contributed by atoms with Crippen LogP contribution < -0.4 is 9.64 Å². The van der Waals surface area contributed by atoms with Gasteiger partial charge in [-0.25, -0.2) is 4.90 Å². The van der Waals surface area contributed by atoms with Crippen LogP contribution in [0.1, 0.15) is 5.56 Å². The molecule has 1 N–H and O–H groups in total. The van der Waals surface area contributed by atoms with Crippen molar-refractivity contribution in [3.05, 3.63) is 112 Å². The predicted octanol–water partition coefficient (Wildman–Crippen LogP) is 3.30. The fraction of sp³-hybridized carbons (Fsp3) is 0. The second kappa shape index (κ2) is 6.81. The quantitative estimate of drug-likeness (QED) is 0.635. The van der Waals surface area contributed by atoms with Crippen molar-refractivity contribution in [2.45, 2.75) is 0 Å². The molecule has 2 aromatic carbocycles. The topological polar surface area (TPSA) is 81.5 Å². The molecular weight excluding hydrogens is 368 g/mol. The lowest BCUT2D eigenvalue weighted by Gasteiger charge is -2.13. The van der Waals surface area contributed by atoms with E-state index in [1.807, 2.05) is 54.9 Å². The number of quaternary nitrogens is 1. The first-order valence-electron chi connectivity index (χ1n) is 9.01. The van der Waals surface area contributed by atoms with Crippen LogP contribution in [0, 0.1) is 10.1 Å². The smallest absolute Gasteiger partial charge is 0.273 e. The van der Waals surface area contributed by atoms with Gasteiger partial charge in [-0.3, -0.25) is 15.1 Å². The summed E-state index contributed by atoms with van der Waals surface area (Å²) in [5.41, 5.74) is 4.01. The fourth-order valence-electron chi connectivity index (χ4n) is 3.29. The second-order valence-corrected chi connectivity index (χ2v) is 6.59. The van der Waals surface area contributed by atoms with Crippen molar-refractivity contribution < 1.29 is 14.6 Å². The minimum atomic E-state index is -0.443. The van der Waals surface area contributed by atoms with Crippen LogP contribution in [0.15, 0.2) is 106 Å². The van der Waals surface area contributed by atoms with Crippen LogP contribution in [0.25, 0.3) is 0 Å². The molecule has 7 nitrogen and oxygen atoms in total. The molecule has 2 aliphatic heterocycles. The van der Waals surface area contributed by atoms with Gasteiger partial charge in [-0.05, 0) is 30.3 Å². The molecule has 0 fully saturated rings. The maximum absolute atomic E-state index is 10.9. The first-order chi connectivity index (χ1) is 14.2. The molecule has 0 saturated heterocycles. The Morgan fingerprint density at radius 2 is 1.90 bits per heavy atom. The average Bonchev–Trinajstić information content (AvgIpc) is 3.07. The lowest BCUT2D eigenvalue weighted by molar-refractivity contribution is -0.689. The molecule has 5 rings (SSSR count). The van der Waals surface area contributed by atoms with Gasteiger partial charge in [0, 0.05) is 11.6 Å². The lowest BCUT2D eigenvalue weighted by atomic mass is 10.0. The van der Waals surface area contributed by atoms with Gasteiger partial charge in [0.1, 0.15) is 23.4 Å². The third-order valence-corrected chi connectivity index (χ3v) is 4.77. The molecule has 140 valence electrons. The minimum Gasteiger partial charge on any atom is -0.457 e. The van der Waals surface area contributed by atoms with E-state index in [1.54, 1.807) is 18.3 Å². The minimum absolute atomic E-state index is 0.00735. The van der Waals surface area contributed by atoms with Crippen LogP contribution in [-0.2, 0) is 0 Å². The Labute approximate surface area is 166 Å². The van der Waals surface area contributed by atoms with E-state index in [-0.39, 0.29) is 5.69 Å². The van der Waals surface area contributed by atoms with Gasteiger partial charge < -0.3 is 4.74 Å². The van der Waals surface area contributed by atoms with Gasteiger partial charge in [0.2, 0.25) is 5.84 Å². The highest BCUT2D eigenvalue weighted by atomic mass is 16.6. The van der Waals surface area contributed by atoms with E-state index in [2.05, 4.69) is 4.99 Å². The summed E-state index contributed by atoms with van der Waals surface area (Å²) in [5.74, 6) is 1.90. The number of non-ortho nitro benzene ring substituents is 1. The molecule has 0 aromatic heterocycles. The van der Waals surface area contributed by atoms with Crippen LogP contribution in [0.3, 0.4) is 0 Å². The normalized spacial score (nSPS) is 18.8. The molecule has 3 aliphatic rings. The van der Waals surface area contributed by atoms with Crippen LogP contribution in [0.4, 0.5) is 5.69 Å². The number of nitrogens with one attached hydrogen (secondary N) is 1. The summed E-state index contributed by atoms with van der Waals surface area (Å²) in [4.78, 5) is 20.6. The molecule has 0 saturated carbocycles. The lowest BCUT2D eigenvalue weighted by Crippen LogP contribution is -3.08. The van der Waals surface area contributed by atoms with Crippen LogP contribution in [0.5, 0.6) is 11.5 Å². The third-order valence-electron chi connectivity index (χ3n) is 4.77. The van der Waals surface area contributed by atoms with Crippen molar-refractivity contribution in [2.24, 2.45) is 9.98 Å². The Morgan fingerprint density at radius 3 is 2.62 bits per heavy atom. The van der Waals surface area contributed by atoms with Crippen molar-refractivity contribution in [3.8, 4) is 11.5 Å². The molecule has 1 aliphatic carbocycles.